The quantitative estimate of drug-likeness (QED) is 0.784. The van der Waals surface area contributed by atoms with Gasteiger partial charge < -0.3 is 4.79 Å². The van der Waals surface area contributed by atoms with Crippen LogP contribution in [0.25, 0.3) is 10.9 Å². The van der Waals surface area contributed by atoms with Crippen LogP contribution in [0.1, 0.15) is 24.5 Å². The molecule has 0 aliphatic rings. The van der Waals surface area contributed by atoms with E-state index in [9.17, 15) is 4.79 Å². The predicted molar refractivity (Wildman–Crippen MR) is 65.5 cm³/mol. The van der Waals surface area contributed by atoms with Crippen molar-refractivity contribution in [2.75, 3.05) is 0 Å². The highest BCUT2D eigenvalue weighted by atomic mass is 16.1. The lowest BCUT2D eigenvalue weighted by atomic mass is 10.0. The number of Topliss-reactive ketones (excluding diaryl/α,β-unsaturated/α-hetero) is 1. The first-order valence-corrected chi connectivity index (χ1v) is 5.50. The Labute approximate surface area is 95.3 Å². The molecule has 2 aromatic rings. The van der Waals surface area contributed by atoms with Crippen molar-refractivity contribution in [1.82, 2.24) is 4.98 Å². The minimum atomic E-state index is 0.238. The number of carbonyl (C=O) groups excluding carboxylic acids is 1. The molecule has 1 heterocycles. The standard InChI is InChI=1S/C14H15NO/c1-10-7-13-8-12(4-3-11(2)16)5-6-14(13)15-9-10/h5-9H,3-4H2,1-2H3. The maximum absolute atomic E-state index is 10.9. The van der Waals surface area contributed by atoms with Crippen LogP contribution in [0.5, 0.6) is 0 Å². The summed E-state index contributed by atoms with van der Waals surface area (Å²) in [5.41, 5.74) is 3.38. The number of rotatable bonds is 3. The number of aryl methyl sites for hydroxylation is 2. The van der Waals surface area contributed by atoms with Gasteiger partial charge in [-0.3, -0.25) is 4.98 Å². The van der Waals surface area contributed by atoms with E-state index in [1.54, 1.807) is 6.92 Å². The monoisotopic (exact) mass is 213 g/mol. The number of nitrogens with zero attached hydrogens (tertiary/aromatic N) is 1. The molecular weight excluding hydrogens is 198 g/mol. The van der Waals surface area contributed by atoms with Crippen molar-refractivity contribution in [1.29, 1.82) is 0 Å². The van der Waals surface area contributed by atoms with Gasteiger partial charge in [-0.25, -0.2) is 0 Å². The first kappa shape index (κ1) is 10.8. The summed E-state index contributed by atoms with van der Waals surface area (Å²) in [4.78, 5) is 15.3. The van der Waals surface area contributed by atoms with E-state index in [1.165, 1.54) is 5.56 Å². The number of hydrogen-bond acceptors (Lipinski definition) is 2. The van der Waals surface area contributed by atoms with Crippen molar-refractivity contribution in [3.8, 4) is 0 Å². The van der Waals surface area contributed by atoms with Crippen molar-refractivity contribution in [2.45, 2.75) is 26.7 Å². The van der Waals surface area contributed by atoms with Gasteiger partial charge in [0.2, 0.25) is 0 Å². The highest BCUT2D eigenvalue weighted by Gasteiger charge is 2.00. The van der Waals surface area contributed by atoms with Crippen LogP contribution < -0.4 is 0 Å². The molecule has 0 saturated heterocycles. The van der Waals surface area contributed by atoms with Gasteiger partial charge in [0, 0.05) is 18.0 Å². The Kier molecular flexibility index (Phi) is 3.00. The third kappa shape index (κ3) is 2.45. The maximum Gasteiger partial charge on any atom is 0.130 e. The van der Waals surface area contributed by atoms with Crippen LogP contribution >= 0.6 is 0 Å². The average molecular weight is 213 g/mol. The Hall–Kier alpha value is -1.70. The normalized spacial score (nSPS) is 10.6. The molecule has 2 rings (SSSR count). The fraction of sp³-hybridized carbons (Fsp3) is 0.286. The van der Waals surface area contributed by atoms with Gasteiger partial charge in [0.15, 0.2) is 0 Å². The van der Waals surface area contributed by atoms with Crippen molar-refractivity contribution in [3.05, 3.63) is 41.6 Å². The smallest absolute Gasteiger partial charge is 0.130 e. The zero-order valence-electron chi connectivity index (χ0n) is 9.66. The molecule has 0 aliphatic heterocycles. The van der Waals surface area contributed by atoms with Crippen LogP contribution in [-0.2, 0) is 11.2 Å². The Morgan fingerprint density at radius 3 is 2.88 bits per heavy atom. The predicted octanol–water partition coefficient (Wildman–Crippen LogP) is 3.06. The first-order valence-electron chi connectivity index (χ1n) is 5.50. The summed E-state index contributed by atoms with van der Waals surface area (Å²) >= 11 is 0. The first-order chi connectivity index (χ1) is 7.65. The number of benzene rings is 1. The summed E-state index contributed by atoms with van der Waals surface area (Å²) in [5, 5.41) is 1.15. The van der Waals surface area contributed by atoms with E-state index in [0.717, 1.165) is 22.9 Å². The number of ketones is 1. The van der Waals surface area contributed by atoms with Crippen molar-refractivity contribution >= 4 is 16.7 Å². The van der Waals surface area contributed by atoms with E-state index < -0.39 is 0 Å². The molecule has 0 spiro atoms. The zero-order chi connectivity index (χ0) is 11.5. The molecule has 0 radical (unpaired) electrons. The second kappa shape index (κ2) is 4.44. The summed E-state index contributed by atoms with van der Waals surface area (Å²) in [5.74, 6) is 0.238. The SMILES string of the molecule is CC(=O)CCc1ccc2ncc(C)cc2c1. The molecule has 0 bridgehead atoms. The van der Waals surface area contributed by atoms with Crippen molar-refractivity contribution in [3.63, 3.8) is 0 Å². The summed E-state index contributed by atoms with van der Waals surface area (Å²) < 4.78 is 0. The highest BCUT2D eigenvalue weighted by Crippen LogP contribution is 2.16. The molecule has 16 heavy (non-hydrogen) atoms. The van der Waals surface area contributed by atoms with Gasteiger partial charge in [-0.05, 0) is 49.6 Å². The molecule has 0 unspecified atom stereocenters. The molecule has 1 aromatic carbocycles. The molecule has 1 aromatic heterocycles. The van der Waals surface area contributed by atoms with Gasteiger partial charge in [0.1, 0.15) is 5.78 Å². The molecule has 0 atom stereocenters. The minimum Gasteiger partial charge on any atom is -0.300 e. The lowest BCUT2D eigenvalue weighted by Gasteiger charge is -2.03. The van der Waals surface area contributed by atoms with Gasteiger partial charge in [-0.1, -0.05) is 6.07 Å². The van der Waals surface area contributed by atoms with Gasteiger partial charge >= 0.3 is 0 Å². The molecule has 0 amide bonds. The minimum absolute atomic E-state index is 0.238. The molecule has 0 saturated carbocycles. The summed E-state index contributed by atoms with van der Waals surface area (Å²) in [7, 11) is 0. The second-order valence-corrected chi connectivity index (χ2v) is 4.24. The third-order valence-electron chi connectivity index (χ3n) is 2.65. The number of pyridine rings is 1. The van der Waals surface area contributed by atoms with Gasteiger partial charge in [0.05, 0.1) is 5.52 Å². The van der Waals surface area contributed by atoms with Crippen molar-refractivity contribution < 1.29 is 4.79 Å². The van der Waals surface area contributed by atoms with E-state index in [1.807, 2.05) is 25.3 Å². The fourth-order valence-electron chi connectivity index (χ4n) is 1.77. The Bertz CT molecular complexity index is 531. The zero-order valence-corrected chi connectivity index (χ0v) is 9.66. The van der Waals surface area contributed by atoms with E-state index in [2.05, 4.69) is 17.1 Å². The van der Waals surface area contributed by atoms with Crippen molar-refractivity contribution in [2.24, 2.45) is 0 Å². The average Bonchev–Trinajstić information content (AvgIpc) is 2.25. The molecule has 82 valence electrons. The van der Waals surface area contributed by atoms with Gasteiger partial charge in [0.25, 0.3) is 0 Å². The summed E-state index contributed by atoms with van der Waals surface area (Å²) in [6, 6.07) is 8.32. The number of hydrogen-bond donors (Lipinski definition) is 0. The van der Waals surface area contributed by atoms with Crippen LogP contribution in [0.15, 0.2) is 30.5 Å². The Morgan fingerprint density at radius 1 is 1.31 bits per heavy atom. The third-order valence-corrected chi connectivity index (χ3v) is 2.65. The molecular formula is C14H15NO. The maximum atomic E-state index is 10.9. The van der Waals surface area contributed by atoms with E-state index >= 15 is 0 Å². The Balaban J connectivity index is 2.31. The largest absolute Gasteiger partial charge is 0.300 e. The fourth-order valence-corrected chi connectivity index (χ4v) is 1.77. The number of carbonyl (C=O) groups is 1. The van der Waals surface area contributed by atoms with Gasteiger partial charge in [-0.2, -0.15) is 0 Å². The van der Waals surface area contributed by atoms with Crippen LogP contribution in [0.4, 0.5) is 0 Å². The Morgan fingerprint density at radius 2 is 2.12 bits per heavy atom. The van der Waals surface area contributed by atoms with E-state index in [0.29, 0.717) is 6.42 Å². The second-order valence-electron chi connectivity index (χ2n) is 4.24. The van der Waals surface area contributed by atoms with Gasteiger partial charge in [-0.15, -0.1) is 0 Å². The van der Waals surface area contributed by atoms with Crippen LogP contribution in [-0.4, -0.2) is 10.8 Å². The lowest BCUT2D eigenvalue weighted by molar-refractivity contribution is -0.116. The molecule has 0 N–H and O–H groups in total. The topological polar surface area (TPSA) is 30.0 Å². The molecule has 0 fully saturated rings. The molecule has 0 aliphatic carbocycles. The number of aromatic nitrogens is 1. The highest BCUT2D eigenvalue weighted by molar-refractivity contribution is 5.80. The lowest BCUT2D eigenvalue weighted by Crippen LogP contribution is -1.94. The van der Waals surface area contributed by atoms with Crippen LogP contribution in [0, 0.1) is 6.92 Å². The van der Waals surface area contributed by atoms with E-state index in [-0.39, 0.29) is 5.78 Å². The molecule has 2 nitrogen and oxygen atoms in total. The molecule has 2 heteroatoms. The summed E-state index contributed by atoms with van der Waals surface area (Å²) in [6.07, 6.45) is 3.31. The summed E-state index contributed by atoms with van der Waals surface area (Å²) in [6.45, 7) is 3.67. The van der Waals surface area contributed by atoms with E-state index in [4.69, 9.17) is 0 Å². The van der Waals surface area contributed by atoms with Crippen LogP contribution in [0.2, 0.25) is 0 Å². The number of fused-ring (bicyclic) bond motifs is 1. The van der Waals surface area contributed by atoms with Crippen LogP contribution in [0.3, 0.4) is 0 Å².